The molecule has 17 heavy (non-hydrogen) atoms. The van der Waals surface area contributed by atoms with Crippen LogP contribution in [0.4, 0.5) is 0 Å². The average molecular weight is 241 g/mol. The number of ether oxygens (including phenoxy) is 1. The van der Waals surface area contributed by atoms with Gasteiger partial charge in [0.1, 0.15) is 0 Å². The van der Waals surface area contributed by atoms with Gasteiger partial charge >= 0.3 is 0 Å². The van der Waals surface area contributed by atoms with Gasteiger partial charge < -0.3 is 14.7 Å². The molecule has 0 unspecified atom stereocenters. The third kappa shape index (κ3) is 4.23. The summed E-state index contributed by atoms with van der Waals surface area (Å²) < 4.78 is 5.84. The molecule has 0 amide bonds. The number of β-amino-alcohol motifs (C(OH)–C–C–N with tert-alkyl or cyclic N) is 1. The van der Waals surface area contributed by atoms with Crippen LogP contribution in [0.25, 0.3) is 0 Å². The maximum absolute atomic E-state index is 9.98. The van der Waals surface area contributed by atoms with E-state index in [9.17, 15) is 5.11 Å². The molecule has 1 aliphatic carbocycles. The Balaban J connectivity index is 1.61. The van der Waals surface area contributed by atoms with E-state index in [0.717, 1.165) is 19.6 Å². The molecular formula is C14H27NO2. The number of aliphatic hydroxyl groups is 1. The summed E-state index contributed by atoms with van der Waals surface area (Å²) in [6, 6.07) is 0. The van der Waals surface area contributed by atoms with E-state index >= 15 is 0 Å². The van der Waals surface area contributed by atoms with Gasteiger partial charge in [0.15, 0.2) is 0 Å². The predicted molar refractivity (Wildman–Crippen MR) is 69.1 cm³/mol. The molecule has 100 valence electrons. The predicted octanol–water partition coefficient (Wildman–Crippen LogP) is 2.04. The van der Waals surface area contributed by atoms with Crippen LogP contribution in [-0.4, -0.2) is 48.5 Å². The summed E-state index contributed by atoms with van der Waals surface area (Å²) >= 11 is 0. The van der Waals surface area contributed by atoms with E-state index in [1.165, 1.54) is 38.5 Å². The molecule has 1 aliphatic heterocycles. The largest absolute Gasteiger partial charge is 0.389 e. The third-order valence-corrected chi connectivity index (χ3v) is 4.20. The highest BCUT2D eigenvalue weighted by Crippen LogP contribution is 2.27. The lowest BCUT2D eigenvalue weighted by atomic mass is 10.1. The van der Waals surface area contributed by atoms with Crippen molar-refractivity contribution in [3.05, 3.63) is 0 Å². The van der Waals surface area contributed by atoms with E-state index in [1.54, 1.807) is 0 Å². The van der Waals surface area contributed by atoms with Gasteiger partial charge in [-0.1, -0.05) is 19.8 Å². The molecule has 3 heteroatoms. The van der Waals surface area contributed by atoms with Crippen molar-refractivity contribution in [2.24, 2.45) is 5.92 Å². The minimum Gasteiger partial charge on any atom is -0.389 e. The summed E-state index contributed by atoms with van der Waals surface area (Å²) in [6.07, 6.45) is 7.76. The third-order valence-electron chi connectivity index (χ3n) is 4.20. The maximum atomic E-state index is 9.98. The molecule has 0 aromatic rings. The Morgan fingerprint density at radius 3 is 2.59 bits per heavy atom. The number of hydrogen-bond donors (Lipinski definition) is 1. The Hall–Kier alpha value is -0.120. The lowest BCUT2D eigenvalue weighted by Crippen LogP contribution is -2.38. The number of aliphatic hydroxyl groups excluding tert-OH is 1. The van der Waals surface area contributed by atoms with Crippen molar-refractivity contribution < 1.29 is 9.84 Å². The minimum absolute atomic E-state index is 0.305. The lowest BCUT2D eigenvalue weighted by Gasteiger charge is -2.29. The van der Waals surface area contributed by atoms with E-state index in [0.29, 0.717) is 18.6 Å². The van der Waals surface area contributed by atoms with Gasteiger partial charge in [-0.15, -0.1) is 0 Å². The molecule has 1 saturated carbocycles. The second kappa shape index (κ2) is 6.72. The van der Waals surface area contributed by atoms with Gasteiger partial charge in [-0.3, -0.25) is 0 Å². The van der Waals surface area contributed by atoms with Gasteiger partial charge in [0.05, 0.1) is 18.8 Å². The van der Waals surface area contributed by atoms with Crippen LogP contribution >= 0.6 is 0 Å². The number of likely N-dealkylation sites (tertiary alicyclic amines) is 1. The Morgan fingerprint density at radius 1 is 1.18 bits per heavy atom. The van der Waals surface area contributed by atoms with Crippen molar-refractivity contribution in [1.82, 2.24) is 4.90 Å². The molecule has 2 fully saturated rings. The summed E-state index contributed by atoms with van der Waals surface area (Å²) in [5.74, 6) is 0.678. The van der Waals surface area contributed by atoms with Crippen molar-refractivity contribution in [2.75, 3.05) is 26.2 Å². The van der Waals surface area contributed by atoms with Gasteiger partial charge in [0.25, 0.3) is 0 Å². The van der Waals surface area contributed by atoms with Crippen LogP contribution in [0, 0.1) is 5.92 Å². The first-order valence-corrected chi connectivity index (χ1v) is 7.27. The van der Waals surface area contributed by atoms with E-state index in [-0.39, 0.29) is 6.10 Å². The van der Waals surface area contributed by atoms with Crippen LogP contribution in [0.15, 0.2) is 0 Å². The quantitative estimate of drug-likeness (QED) is 0.799. The first kappa shape index (κ1) is 13.3. The molecule has 2 rings (SSSR count). The first-order chi connectivity index (χ1) is 8.25. The van der Waals surface area contributed by atoms with Crippen molar-refractivity contribution in [2.45, 2.75) is 57.7 Å². The fourth-order valence-electron chi connectivity index (χ4n) is 3.09. The summed E-state index contributed by atoms with van der Waals surface area (Å²) in [5.41, 5.74) is 0. The molecule has 3 nitrogen and oxygen atoms in total. The van der Waals surface area contributed by atoms with E-state index in [1.807, 2.05) is 0 Å². The van der Waals surface area contributed by atoms with E-state index < -0.39 is 0 Å². The summed E-state index contributed by atoms with van der Waals surface area (Å²) in [4.78, 5) is 2.37. The van der Waals surface area contributed by atoms with Crippen LogP contribution in [0.1, 0.15) is 45.4 Å². The van der Waals surface area contributed by atoms with Crippen molar-refractivity contribution >= 4 is 0 Å². The Morgan fingerprint density at radius 2 is 1.94 bits per heavy atom. The molecular weight excluding hydrogens is 214 g/mol. The smallest absolute Gasteiger partial charge is 0.0900 e. The molecule has 1 N–H and O–H groups in total. The van der Waals surface area contributed by atoms with Crippen molar-refractivity contribution in [3.63, 3.8) is 0 Å². The molecule has 1 saturated heterocycles. The molecule has 3 atom stereocenters. The van der Waals surface area contributed by atoms with Crippen LogP contribution < -0.4 is 0 Å². The molecule has 2 aliphatic rings. The summed E-state index contributed by atoms with van der Waals surface area (Å²) in [7, 11) is 0. The van der Waals surface area contributed by atoms with E-state index in [2.05, 4.69) is 11.8 Å². The molecule has 0 aromatic heterocycles. The van der Waals surface area contributed by atoms with E-state index in [4.69, 9.17) is 4.74 Å². The van der Waals surface area contributed by atoms with Crippen LogP contribution in [-0.2, 0) is 4.74 Å². The fourth-order valence-corrected chi connectivity index (χ4v) is 3.09. The van der Waals surface area contributed by atoms with Crippen LogP contribution in [0.5, 0.6) is 0 Å². The highest BCUT2D eigenvalue weighted by Gasteiger charge is 2.25. The summed E-state index contributed by atoms with van der Waals surface area (Å²) in [5, 5.41) is 9.98. The second-order valence-corrected chi connectivity index (χ2v) is 5.80. The molecule has 0 aromatic carbocycles. The van der Waals surface area contributed by atoms with Gasteiger partial charge in [-0.25, -0.2) is 0 Å². The minimum atomic E-state index is -0.305. The Kier molecular flexibility index (Phi) is 5.26. The number of hydrogen-bond acceptors (Lipinski definition) is 3. The number of rotatable bonds is 5. The van der Waals surface area contributed by atoms with Crippen molar-refractivity contribution in [1.29, 1.82) is 0 Å². The number of piperidine rings is 1. The topological polar surface area (TPSA) is 32.7 Å². The zero-order chi connectivity index (χ0) is 12.1. The second-order valence-electron chi connectivity index (χ2n) is 5.80. The molecule has 1 heterocycles. The monoisotopic (exact) mass is 241 g/mol. The average Bonchev–Trinajstić information content (AvgIpc) is 2.74. The van der Waals surface area contributed by atoms with Crippen LogP contribution in [0.2, 0.25) is 0 Å². The van der Waals surface area contributed by atoms with Gasteiger partial charge in [0, 0.05) is 6.54 Å². The normalized spacial score (nSPS) is 32.8. The van der Waals surface area contributed by atoms with Gasteiger partial charge in [-0.05, 0) is 44.7 Å². The Bertz CT molecular complexity index is 216. The SMILES string of the molecule is C[C@H]1CCC[C@@H]1OC[C@H](O)CN1CCCCC1. The zero-order valence-electron chi connectivity index (χ0n) is 11.1. The number of nitrogens with zero attached hydrogens (tertiary/aromatic N) is 1. The fraction of sp³-hybridized carbons (Fsp3) is 1.00. The maximum Gasteiger partial charge on any atom is 0.0900 e. The van der Waals surface area contributed by atoms with Crippen LogP contribution in [0.3, 0.4) is 0 Å². The van der Waals surface area contributed by atoms with Gasteiger partial charge in [-0.2, -0.15) is 0 Å². The zero-order valence-corrected chi connectivity index (χ0v) is 11.1. The molecule has 0 spiro atoms. The summed E-state index contributed by atoms with van der Waals surface area (Å²) in [6.45, 7) is 5.87. The molecule has 0 radical (unpaired) electrons. The Labute approximate surface area is 105 Å². The standard InChI is InChI=1S/C14H27NO2/c1-12-6-5-7-14(12)17-11-13(16)10-15-8-3-2-4-9-15/h12-14,16H,2-11H2,1H3/t12-,13+,14-/m0/s1. The first-order valence-electron chi connectivity index (χ1n) is 7.27. The van der Waals surface area contributed by atoms with Gasteiger partial charge in [0.2, 0.25) is 0 Å². The highest BCUT2D eigenvalue weighted by molar-refractivity contribution is 4.75. The lowest BCUT2D eigenvalue weighted by molar-refractivity contribution is -0.0331. The highest BCUT2D eigenvalue weighted by atomic mass is 16.5. The van der Waals surface area contributed by atoms with Crippen molar-refractivity contribution in [3.8, 4) is 0 Å². The molecule has 0 bridgehead atoms.